The van der Waals surface area contributed by atoms with Gasteiger partial charge in [0.15, 0.2) is 0 Å². The number of hydrogen-bond donors (Lipinski definition) is 2. The zero-order chi connectivity index (χ0) is 16.9. The monoisotopic (exact) mass is 332 g/mol. The molecule has 0 aliphatic carbocycles. The summed E-state index contributed by atoms with van der Waals surface area (Å²) in [4.78, 5) is 37.4. The summed E-state index contributed by atoms with van der Waals surface area (Å²) in [6, 6.07) is -0.446. The molecule has 0 bridgehead atoms. The summed E-state index contributed by atoms with van der Waals surface area (Å²) in [6.07, 6.45) is 5.12. The van der Waals surface area contributed by atoms with E-state index in [0.29, 0.717) is 31.1 Å². The van der Waals surface area contributed by atoms with Crippen molar-refractivity contribution >= 4 is 17.8 Å². The van der Waals surface area contributed by atoms with Gasteiger partial charge in [-0.2, -0.15) is 0 Å². The van der Waals surface area contributed by atoms with Crippen LogP contribution in [0.3, 0.4) is 0 Å². The van der Waals surface area contributed by atoms with Gasteiger partial charge < -0.3 is 20.4 Å². The molecule has 24 heavy (non-hydrogen) atoms. The lowest BCUT2D eigenvalue weighted by atomic mass is 10.1. The van der Waals surface area contributed by atoms with E-state index >= 15 is 0 Å². The van der Waals surface area contributed by atoms with Crippen LogP contribution >= 0.6 is 0 Å². The van der Waals surface area contributed by atoms with Crippen LogP contribution in [0.1, 0.15) is 30.1 Å². The lowest BCUT2D eigenvalue weighted by molar-refractivity contribution is -0.135. The Morgan fingerprint density at radius 3 is 2.62 bits per heavy atom. The van der Waals surface area contributed by atoms with Crippen molar-refractivity contribution in [1.82, 2.24) is 25.1 Å². The summed E-state index contributed by atoms with van der Waals surface area (Å²) >= 11 is 0. The summed E-state index contributed by atoms with van der Waals surface area (Å²) in [6.45, 7) is 5.95. The molecule has 2 saturated heterocycles. The second kappa shape index (κ2) is 7.57. The van der Waals surface area contributed by atoms with Gasteiger partial charge >= 0.3 is 0 Å². The third-order valence-electron chi connectivity index (χ3n) is 4.44. The van der Waals surface area contributed by atoms with Gasteiger partial charge in [-0.15, -0.1) is 0 Å². The van der Waals surface area contributed by atoms with Gasteiger partial charge in [0.1, 0.15) is 6.04 Å². The fourth-order valence-electron chi connectivity index (χ4n) is 3.17. The largest absolute Gasteiger partial charge is 0.355 e. The Morgan fingerprint density at radius 2 is 1.96 bits per heavy atom. The SMILES string of the molecule is CCNc1ncc(C(=O)N2CCNC[C@H]2C(=O)N2CCCC2)cn1. The van der Waals surface area contributed by atoms with E-state index in [4.69, 9.17) is 0 Å². The van der Waals surface area contributed by atoms with E-state index in [9.17, 15) is 9.59 Å². The first-order valence-corrected chi connectivity index (χ1v) is 8.57. The molecular weight excluding hydrogens is 308 g/mol. The molecule has 0 unspecified atom stereocenters. The van der Waals surface area contributed by atoms with Crippen LogP contribution in [-0.2, 0) is 4.79 Å². The van der Waals surface area contributed by atoms with Crippen molar-refractivity contribution in [3.05, 3.63) is 18.0 Å². The molecule has 8 heteroatoms. The van der Waals surface area contributed by atoms with E-state index in [0.717, 1.165) is 32.5 Å². The molecule has 0 saturated carbocycles. The molecule has 1 aromatic heterocycles. The first-order valence-electron chi connectivity index (χ1n) is 8.57. The third kappa shape index (κ3) is 3.48. The molecule has 2 amide bonds. The number of carbonyl (C=O) groups excluding carboxylic acids is 2. The van der Waals surface area contributed by atoms with Crippen molar-refractivity contribution in [2.75, 3.05) is 44.6 Å². The maximum atomic E-state index is 12.8. The van der Waals surface area contributed by atoms with Gasteiger partial charge in [0.05, 0.1) is 5.56 Å². The first kappa shape index (κ1) is 16.6. The van der Waals surface area contributed by atoms with Crippen molar-refractivity contribution in [1.29, 1.82) is 0 Å². The fourth-order valence-corrected chi connectivity index (χ4v) is 3.17. The van der Waals surface area contributed by atoms with Gasteiger partial charge in [-0.1, -0.05) is 0 Å². The lowest BCUT2D eigenvalue weighted by Crippen LogP contribution is -2.59. The number of amides is 2. The summed E-state index contributed by atoms with van der Waals surface area (Å²) < 4.78 is 0. The Morgan fingerprint density at radius 1 is 1.25 bits per heavy atom. The molecule has 3 heterocycles. The highest BCUT2D eigenvalue weighted by molar-refractivity contribution is 5.97. The summed E-state index contributed by atoms with van der Waals surface area (Å²) in [5, 5.41) is 6.22. The number of likely N-dealkylation sites (tertiary alicyclic amines) is 1. The molecule has 1 atom stereocenters. The quantitative estimate of drug-likeness (QED) is 0.803. The van der Waals surface area contributed by atoms with Crippen molar-refractivity contribution in [3.63, 3.8) is 0 Å². The van der Waals surface area contributed by atoms with Crippen molar-refractivity contribution in [3.8, 4) is 0 Å². The van der Waals surface area contributed by atoms with E-state index in [-0.39, 0.29) is 11.8 Å². The molecule has 130 valence electrons. The maximum absolute atomic E-state index is 12.8. The van der Waals surface area contributed by atoms with E-state index in [1.165, 1.54) is 12.4 Å². The highest BCUT2D eigenvalue weighted by atomic mass is 16.2. The molecular formula is C16H24N6O2. The van der Waals surface area contributed by atoms with Crippen molar-refractivity contribution < 1.29 is 9.59 Å². The van der Waals surface area contributed by atoms with Crippen LogP contribution in [0.25, 0.3) is 0 Å². The molecule has 2 aliphatic heterocycles. The van der Waals surface area contributed by atoms with E-state index < -0.39 is 6.04 Å². The minimum absolute atomic E-state index is 0.0400. The Bertz CT molecular complexity index is 585. The second-order valence-corrected chi connectivity index (χ2v) is 6.08. The summed E-state index contributed by atoms with van der Waals surface area (Å²) in [7, 11) is 0. The Hall–Kier alpha value is -2.22. The summed E-state index contributed by atoms with van der Waals surface area (Å²) in [5.74, 6) is 0.356. The first-order chi connectivity index (χ1) is 11.7. The summed E-state index contributed by atoms with van der Waals surface area (Å²) in [5.41, 5.74) is 0.415. The number of nitrogens with zero attached hydrogens (tertiary/aromatic N) is 4. The van der Waals surface area contributed by atoms with Gasteiger partial charge in [0.25, 0.3) is 5.91 Å². The third-order valence-corrected chi connectivity index (χ3v) is 4.44. The van der Waals surface area contributed by atoms with Gasteiger partial charge in [0.2, 0.25) is 11.9 Å². The maximum Gasteiger partial charge on any atom is 0.257 e. The number of carbonyl (C=O) groups is 2. The molecule has 2 N–H and O–H groups in total. The Labute approximate surface area is 141 Å². The minimum atomic E-state index is -0.446. The number of anilines is 1. The molecule has 3 rings (SSSR count). The lowest BCUT2D eigenvalue weighted by Gasteiger charge is -2.37. The minimum Gasteiger partial charge on any atom is -0.355 e. The Kier molecular flexibility index (Phi) is 5.24. The van der Waals surface area contributed by atoms with Crippen LogP contribution in [0.2, 0.25) is 0 Å². The number of aromatic nitrogens is 2. The smallest absolute Gasteiger partial charge is 0.257 e. The molecule has 8 nitrogen and oxygen atoms in total. The molecule has 1 aromatic rings. The average molecular weight is 332 g/mol. The van der Waals surface area contributed by atoms with E-state index in [2.05, 4.69) is 20.6 Å². The van der Waals surface area contributed by atoms with Crippen LogP contribution in [-0.4, -0.2) is 76.9 Å². The number of piperazine rings is 1. The fraction of sp³-hybridized carbons (Fsp3) is 0.625. The van der Waals surface area contributed by atoms with Gasteiger partial charge in [-0.05, 0) is 19.8 Å². The van der Waals surface area contributed by atoms with Crippen LogP contribution in [0.4, 0.5) is 5.95 Å². The number of nitrogens with one attached hydrogen (secondary N) is 2. The van der Waals surface area contributed by atoms with E-state index in [1.54, 1.807) is 4.90 Å². The predicted octanol–water partition coefficient (Wildman–Crippen LogP) is -0.0552. The van der Waals surface area contributed by atoms with Gasteiger partial charge in [-0.25, -0.2) is 9.97 Å². The van der Waals surface area contributed by atoms with Crippen LogP contribution in [0.5, 0.6) is 0 Å². The molecule has 0 radical (unpaired) electrons. The van der Waals surface area contributed by atoms with Crippen LogP contribution < -0.4 is 10.6 Å². The van der Waals surface area contributed by atoms with Gasteiger partial charge in [0, 0.05) is 51.7 Å². The highest BCUT2D eigenvalue weighted by Crippen LogP contribution is 2.16. The van der Waals surface area contributed by atoms with Gasteiger partial charge in [-0.3, -0.25) is 9.59 Å². The van der Waals surface area contributed by atoms with E-state index in [1.807, 2.05) is 11.8 Å². The molecule has 0 spiro atoms. The van der Waals surface area contributed by atoms with Crippen LogP contribution in [0, 0.1) is 0 Å². The topological polar surface area (TPSA) is 90.5 Å². The van der Waals surface area contributed by atoms with Crippen molar-refractivity contribution in [2.45, 2.75) is 25.8 Å². The standard InChI is InChI=1S/C16H24N6O2/c1-2-18-16-19-9-12(10-20-16)14(23)22-8-5-17-11-13(22)15(24)21-6-3-4-7-21/h9-10,13,17H,2-8,11H2,1H3,(H,18,19,20)/t13-/m0/s1. The highest BCUT2D eigenvalue weighted by Gasteiger charge is 2.36. The number of rotatable bonds is 4. The Balaban J connectivity index is 1.74. The normalized spacial score (nSPS) is 21.0. The van der Waals surface area contributed by atoms with Crippen LogP contribution in [0.15, 0.2) is 12.4 Å². The molecule has 2 fully saturated rings. The van der Waals surface area contributed by atoms with Crippen molar-refractivity contribution in [2.24, 2.45) is 0 Å². The zero-order valence-corrected chi connectivity index (χ0v) is 14.0. The number of hydrogen-bond acceptors (Lipinski definition) is 6. The second-order valence-electron chi connectivity index (χ2n) is 6.08. The molecule has 0 aromatic carbocycles. The zero-order valence-electron chi connectivity index (χ0n) is 14.0. The molecule has 2 aliphatic rings. The average Bonchev–Trinajstić information content (AvgIpc) is 3.16. The predicted molar refractivity (Wildman–Crippen MR) is 89.7 cm³/mol.